The summed E-state index contributed by atoms with van der Waals surface area (Å²) < 4.78 is 28.6. The first-order valence-corrected chi connectivity index (χ1v) is 6.40. The Balaban J connectivity index is 2.41. The Kier molecular flexibility index (Phi) is 3.85. The fourth-order valence-corrected chi connectivity index (χ4v) is 2.21. The van der Waals surface area contributed by atoms with Crippen molar-refractivity contribution in [2.45, 2.75) is 39.3 Å². The molecule has 1 aromatic heterocycles. The lowest BCUT2D eigenvalue weighted by molar-refractivity contribution is 0.371. The van der Waals surface area contributed by atoms with Gasteiger partial charge in [-0.05, 0) is 32.4 Å². The Bertz CT molecular complexity index is 614. The molecule has 0 fully saturated rings. The first kappa shape index (κ1) is 14.6. The van der Waals surface area contributed by atoms with Crippen molar-refractivity contribution in [1.82, 2.24) is 14.8 Å². The zero-order chi connectivity index (χ0) is 14.9. The van der Waals surface area contributed by atoms with Gasteiger partial charge in [-0.25, -0.2) is 8.78 Å². The van der Waals surface area contributed by atoms with Crippen LogP contribution in [0.1, 0.15) is 38.0 Å². The molecule has 0 spiro atoms. The van der Waals surface area contributed by atoms with E-state index >= 15 is 0 Å². The Morgan fingerprint density at radius 3 is 2.35 bits per heavy atom. The molecule has 0 saturated carbocycles. The van der Waals surface area contributed by atoms with Gasteiger partial charge >= 0.3 is 0 Å². The van der Waals surface area contributed by atoms with Crippen LogP contribution in [-0.2, 0) is 18.5 Å². The van der Waals surface area contributed by atoms with Gasteiger partial charge in [0.25, 0.3) is 0 Å². The predicted molar refractivity (Wildman–Crippen MR) is 72.1 cm³/mol. The van der Waals surface area contributed by atoms with E-state index < -0.39 is 11.6 Å². The highest BCUT2D eigenvalue weighted by Crippen LogP contribution is 2.21. The zero-order valence-corrected chi connectivity index (χ0v) is 11.8. The van der Waals surface area contributed by atoms with E-state index in [1.165, 1.54) is 12.1 Å². The topological polar surface area (TPSA) is 56.7 Å². The van der Waals surface area contributed by atoms with Crippen LogP contribution in [0.2, 0.25) is 0 Å². The molecule has 2 aromatic rings. The fourth-order valence-electron chi connectivity index (χ4n) is 2.21. The van der Waals surface area contributed by atoms with Gasteiger partial charge in [-0.15, -0.1) is 10.2 Å². The van der Waals surface area contributed by atoms with Crippen molar-refractivity contribution in [2.24, 2.45) is 5.73 Å². The molecule has 4 nitrogen and oxygen atoms in total. The highest BCUT2D eigenvalue weighted by Gasteiger charge is 2.23. The van der Waals surface area contributed by atoms with E-state index in [-0.39, 0.29) is 18.5 Å². The molecule has 6 heteroatoms. The molecule has 0 radical (unpaired) electrons. The van der Waals surface area contributed by atoms with E-state index in [2.05, 4.69) is 10.2 Å². The van der Waals surface area contributed by atoms with Crippen LogP contribution in [0.4, 0.5) is 8.78 Å². The summed E-state index contributed by atoms with van der Waals surface area (Å²) in [6, 6.07) is 3.53. The number of aromatic nitrogens is 3. The van der Waals surface area contributed by atoms with Gasteiger partial charge in [0.15, 0.2) is 0 Å². The SMILES string of the molecule is CC(C)(C)n1c(CN)nnc1Cc1ccc(F)cc1F. The summed E-state index contributed by atoms with van der Waals surface area (Å²) in [4.78, 5) is 0. The lowest BCUT2D eigenvalue weighted by Crippen LogP contribution is -2.27. The van der Waals surface area contributed by atoms with Gasteiger partial charge in [0.05, 0.1) is 6.54 Å². The third kappa shape index (κ3) is 2.85. The lowest BCUT2D eigenvalue weighted by Gasteiger charge is -2.24. The third-order valence-electron chi connectivity index (χ3n) is 3.01. The van der Waals surface area contributed by atoms with Gasteiger partial charge in [0.2, 0.25) is 0 Å². The van der Waals surface area contributed by atoms with Gasteiger partial charge in [-0.1, -0.05) is 6.07 Å². The van der Waals surface area contributed by atoms with Crippen molar-refractivity contribution in [3.05, 3.63) is 47.0 Å². The van der Waals surface area contributed by atoms with Crippen LogP contribution >= 0.6 is 0 Å². The molecule has 0 aliphatic heterocycles. The summed E-state index contributed by atoms with van der Waals surface area (Å²) in [7, 11) is 0. The molecule has 0 aliphatic rings. The van der Waals surface area contributed by atoms with Gasteiger partial charge in [-0.2, -0.15) is 0 Å². The fraction of sp³-hybridized carbons (Fsp3) is 0.429. The molecule has 0 atom stereocenters. The molecule has 0 saturated heterocycles. The van der Waals surface area contributed by atoms with E-state index in [1.54, 1.807) is 0 Å². The van der Waals surface area contributed by atoms with E-state index in [9.17, 15) is 8.78 Å². The van der Waals surface area contributed by atoms with Crippen molar-refractivity contribution in [3.63, 3.8) is 0 Å². The molecular formula is C14H18F2N4. The predicted octanol–water partition coefficient (Wildman–Crippen LogP) is 2.36. The van der Waals surface area contributed by atoms with Gasteiger partial charge in [-0.3, -0.25) is 0 Å². The van der Waals surface area contributed by atoms with E-state index in [1.807, 2.05) is 25.3 Å². The van der Waals surface area contributed by atoms with E-state index in [0.29, 0.717) is 17.2 Å². The summed E-state index contributed by atoms with van der Waals surface area (Å²) in [5, 5.41) is 8.12. The third-order valence-corrected chi connectivity index (χ3v) is 3.01. The molecule has 1 heterocycles. The zero-order valence-electron chi connectivity index (χ0n) is 11.8. The molecule has 2 rings (SSSR count). The quantitative estimate of drug-likeness (QED) is 0.939. The van der Waals surface area contributed by atoms with Crippen LogP contribution in [0.5, 0.6) is 0 Å². The molecule has 0 unspecified atom stereocenters. The smallest absolute Gasteiger partial charge is 0.147 e. The number of nitrogens with zero attached hydrogens (tertiary/aromatic N) is 3. The standard InChI is InChI=1S/C14H18F2N4/c1-14(2,3)20-12(18-19-13(20)8-17)6-9-4-5-10(15)7-11(9)16/h4-5,7H,6,8,17H2,1-3H3. The van der Waals surface area contributed by atoms with Gasteiger partial charge in [0, 0.05) is 18.0 Å². The minimum atomic E-state index is -0.591. The average Bonchev–Trinajstić information content (AvgIpc) is 2.75. The summed E-state index contributed by atoms with van der Waals surface area (Å²) in [5.41, 5.74) is 5.78. The lowest BCUT2D eigenvalue weighted by atomic mass is 10.1. The van der Waals surface area contributed by atoms with Crippen LogP contribution in [0.15, 0.2) is 18.2 Å². The second kappa shape index (κ2) is 5.28. The summed E-state index contributed by atoms with van der Waals surface area (Å²) in [6.45, 7) is 6.26. The molecule has 1 aromatic carbocycles. The van der Waals surface area contributed by atoms with E-state index in [0.717, 1.165) is 6.07 Å². The van der Waals surface area contributed by atoms with Crippen LogP contribution < -0.4 is 5.73 Å². The molecular weight excluding hydrogens is 262 g/mol. The summed E-state index contributed by atoms with van der Waals surface area (Å²) in [6.07, 6.45) is 0.246. The Hall–Kier alpha value is -1.82. The molecule has 0 bridgehead atoms. The number of benzene rings is 1. The number of rotatable bonds is 3. The molecule has 20 heavy (non-hydrogen) atoms. The van der Waals surface area contributed by atoms with Crippen LogP contribution in [0, 0.1) is 11.6 Å². The Morgan fingerprint density at radius 1 is 1.15 bits per heavy atom. The van der Waals surface area contributed by atoms with Crippen molar-refractivity contribution in [1.29, 1.82) is 0 Å². The maximum absolute atomic E-state index is 13.7. The maximum atomic E-state index is 13.7. The number of hydrogen-bond acceptors (Lipinski definition) is 3. The van der Waals surface area contributed by atoms with Crippen molar-refractivity contribution < 1.29 is 8.78 Å². The first-order valence-electron chi connectivity index (χ1n) is 6.40. The molecule has 0 amide bonds. The van der Waals surface area contributed by atoms with Gasteiger partial charge in [0.1, 0.15) is 23.3 Å². The normalized spacial score (nSPS) is 11.9. The Morgan fingerprint density at radius 2 is 1.80 bits per heavy atom. The molecule has 2 N–H and O–H groups in total. The van der Waals surface area contributed by atoms with Crippen molar-refractivity contribution >= 4 is 0 Å². The first-order chi connectivity index (χ1) is 9.32. The molecule has 108 valence electrons. The van der Waals surface area contributed by atoms with Crippen LogP contribution in [0.25, 0.3) is 0 Å². The van der Waals surface area contributed by atoms with Crippen LogP contribution in [-0.4, -0.2) is 14.8 Å². The largest absolute Gasteiger partial charge is 0.324 e. The van der Waals surface area contributed by atoms with Crippen molar-refractivity contribution in [2.75, 3.05) is 0 Å². The van der Waals surface area contributed by atoms with Crippen LogP contribution in [0.3, 0.4) is 0 Å². The van der Waals surface area contributed by atoms with Crippen molar-refractivity contribution in [3.8, 4) is 0 Å². The maximum Gasteiger partial charge on any atom is 0.147 e. The Labute approximate surface area is 116 Å². The van der Waals surface area contributed by atoms with Gasteiger partial charge < -0.3 is 10.3 Å². The summed E-state index contributed by atoms with van der Waals surface area (Å²) in [5.74, 6) is 0.0902. The molecule has 0 aliphatic carbocycles. The highest BCUT2D eigenvalue weighted by molar-refractivity contribution is 5.22. The number of halogens is 2. The monoisotopic (exact) mass is 280 g/mol. The minimum absolute atomic E-state index is 0.246. The number of nitrogens with two attached hydrogens (primary N) is 1. The summed E-state index contributed by atoms with van der Waals surface area (Å²) >= 11 is 0. The van der Waals surface area contributed by atoms with E-state index in [4.69, 9.17) is 5.73 Å². The minimum Gasteiger partial charge on any atom is -0.324 e. The highest BCUT2D eigenvalue weighted by atomic mass is 19.1. The second-order valence-electron chi connectivity index (χ2n) is 5.66. The number of hydrogen-bond donors (Lipinski definition) is 1. The second-order valence-corrected chi connectivity index (χ2v) is 5.66. The average molecular weight is 280 g/mol.